The van der Waals surface area contributed by atoms with Crippen LogP contribution in [-0.2, 0) is 14.3 Å². The fraction of sp³-hybridized carbons (Fsp3) is 0.130. The summed E-state index contributed by atoms with van der Waals surface area (Å²) in [6.45, 7) is -0.400. The van der Waals surface area contributed by atoms with Gasteiger partial charge in [0.15, 0.2) is 18.1 Å². The molecule has 30 heavy (non-hydrogen) atoms. The van der Waals surface area contributed by atoms with Crippen molar-refractivity contribution in [2.24, 2.45) is 0 Å². The fourth-order valence-corrected chi connectivity index (χ4v) is 2.79. The molecule has 0 spiro atoms. The number of para-hydroxylation sites is 3. The molecule has 0 saturated heterocycles. The van der Waals surface area contributed by atoms with E-state index in [0.29, 0.717) is 22.9 Å². The third-order valence-electron chi connectivity index (χ3n) is 4.23. The Bertz CT molecular complexity index is 1020. The van der Waals surface area contributed by atoms with Crippen molar-refractivity contribution >= 4 is 17.6 Å². The van der Waals surface area contributed by atoms with Crippen LogP contribution < -0.4 is 19.5 Å². The predicted molar refractivity (Wildman–Crippen MR) is 109 cm³/mol. The molecular formula is C23H19NO6. The van der Waals surface area contributed by atoms with E-state index in [1.165, 1.54) is 0 Å². The molecule has 1 atom stereocenters. The number of amides is 1. The average Bonchev–Trinajstić information content (AvgIpc) is 2.79. The number of fused-ring (bicyclic) bond motifs is 1. The van der Waals surface area contributed by atoms with Crippen LogP contribution in [0.3, 0.4) is 0 Å². The van der Waals surface area contributed by atoms with Gasteiger partial charge in [0.2, 0.25) is 6.10 Å². The lowest BCUT2D eigenvalue weighted by molar-refractivity contribution is -0.156. The minimum Gasteiger partial charge on any atom is -0.485 e. The first-order valence-corrected chi connectivity index (χ1v) is 9.35. The molecule has 0 aromatic heterocycles. The van der Waals surface area contributed by atoms with Gasteiger partial charge in [-0.15, -0.1) is 0 Å². The third-order valence-corrected chi connectivity index (χ3v) is 4.23. The highest BCUT2D eigenvalue weighted by Gasteiger charge is 2.29. The van der Waals surface area contributed by atoms with Crippen LogP contribution in [0.25, 0.3) is 0 Å². The van der Waals surface area contributed by atoms with Crippen LogP contribution in [0.1, 0.15) is 0 Å². The van der Waals surface area contributed by atoms with Crippen molar-refractivity contribution in [3.8, 4) is 23.0 Å². The monoisotopic (exact) mass is 405 g/mol. The maximum atomic E-state index is 12.2. The van der Waals surface area contributed by atoms with Crippen molar-refractivity contribution in [1.29, 1.82) is 0 Å². The van der Waals surface area contributed by atoms with Crippen molar-refractivity contribution in [3.05, 3.63) is 78.9 Å². The van der Waals surface area contributed by atoms with E-state index < -0.39 is 24.6 Å². The summed E-state index contributed by atoms with van der Waals surface area (Å²) in [5.74, 6) is 1.27. The summed E-state index contributed by atoms with van der Waals surface area (Å²) >= 11 is 0. The normalized spacial score (nSPS) is 14.5. The first-order valence-electron chi connectivity index (χ1n) is 9.35. The molecule has 0 unspecified atom stereocenters. The lowest BCUT2D eigenvalue weighted by atomic mass is 10.2. The minimum absolute atomic E-state index is 0.0281. The summed E-state index contributed by atoms with van der Waals surface area (Å²) in [6.07, 6.45) is -0.915. The van der Waals surface area contributed by atoms with E-state index in [9.17, 15) is 9.59 Å². The smallest absolute Gasteiger partial charge is 0.351 e. The quantitative estimate of drug-likeness (QED) is 0.628. The lowest BCUT2D eigenvalue weighted by Crippen LogP contribution is -2.39. The molecule has 0 radical (unpaired) electrons. The van der Waals surface area contributed by atoms with Crippen LogP contribution in [0.4, 0.5) is 5.69 Å². The van der Waals surface area contributed by atoms with Gasteiger partial charge in [0, 0.05) is 5.69 Å². The summed E-state index contributed by atoms with van der Waals surface area (Å²) < 4.78 is 21.8. The number of rotatable bonds is 6. The van der Waals surface area contributed by atoms with E-state index in [2.05, 4.69) is 5.32 Å². The molecule has 1 N–H and O–H groups in total. The second-order valence-corrected chi connectivity index (χ2v) is 6.46. The molecule has 7 nitrogen and oxygen atoms in total. The highest BCUT2D eigenvalue weighted by molar-refractivity contribution is 5.93. The zero-order valence-electron chi connectivity index (χ0n) is 15.9. The number of nitrogens with one attached hydrogen (secondary N) is 1. The summed E-state index contributed by atoms with van der Waals surface area (Å²) in [7, 11) is 0. The predicted octanol–water partition coefficient (Wildman–Crippen LogP) is 3.80. The number of esters is 1. The standard InChI is InChI=1S/C23H19NO6/c25-22(15-28-23(26)21-14-27-19-8-4-5-9-20(19)30-21)24-16-10-12-18(13-11-16)29-17-6-2-1-3-7-17/h1-13,21H,14-15H2,(H,24,25)/t21-/m0/s1. The maximum Gasteiger partial charge on any atom is 0.351 e. The number of hydrogen-bond acceptors (Lipinski definition) is 6. The topological polar surface area (TPSA) is 83.1 Å². The molecule has 3 aromatic rings. The van der Waals surface area contributed by atoms with E-state index in [1.807, 2.05) is 36.4 Å². The number of carbonyl (C=O) groups is 2. The van der Waals surface area contributed by atoms with Crippen LogP contribution in [-0.4, -0.2) is 31.2 Å². The van der Waals surface area contributed by atoms with Crippen LogP contribution in [0, 0.1) is 0 Å². The summed E-state index contributed by atoms with van der Waals surface area (Å²) in [4.78, 5) is 24.2. The number of benzene rings is 3. The molecule has 1 aliphatic heterocycles. The molecule has 1 amide bonds. The van der Waals surface area contributed by atoms with E-state index in [4.69, 9.17) is 18.9 Å². The Morgan fingerprint density at radius 2 is 1.53 bits per heavy atom. The van der Waals surface area contributed by atoms with Gasteiger partial charge >= 0.3 is 5.97 Å². The van der Waals surface area contributed by atoms with Gasteiger partial charge in [-0.25, -0.2) is 4.79 Å². The Morgan fingerprint density at radius 3 is 2.30 bits per heavy atom. The van der Waals surface area contributed by atoms with E-state index >= 15 is 0 Å². The van der Waals surface area contributed by atoms with Crippen molar-refractivity contribution in [2.45, 2.75) is 6.10 Å². The first-order chi connectivity index (χ1) is 14.7. The Hall–Kier alpha value is -4.00. The van der Waals surface area contributed by atoms with Crippen LogP contribution >= 0.6 is 0 Å². The van der Waals surface area contributed by atoms with Gasteiger partial charge in [-0.1, -0.05) is 30.3 Å². The first kappa shape index (κ1) is 19.3. The Morgan fingerprint density at radius 1 is 0.867 bits per heavy atom. The molecule has 0 saturated carbocycles. The molecule has 0 fully saturated rings. The van der Waals surface area contributed by atoms with Crippen LogP contribution in [0.2, 0.25) is 0 Å². The van der Waals surface area contributed by atoms with Gasteiger partial charge in [0.25, 0.3) is 5.91 Å². The average molecular weight is 405 g/mol. The highest BCUT2D eigenvalue weighted by atomic mass is 16.6. The molecule has 0 aliphatic carbocycles. The highest BCUT2D eigenvalue weighted by Crippen LogP contribution is 2.31. The summed E-state index contributed by atoms with van der Waals surface area (Å²) in [6, 6.07) is 23.3. The van der Waals surface area contributed by atoms with Crippen LogP contribution in [0.5, 0.6) is 23.0 Å². The Labute approximate surface area is 173 Å². The van der Waals surface area contributed by atoms with E-state index in [1.54, 1.807) is 42.5 Å². The van der Waals surface area contributed by atoms with Crippen LogP contribution in [0.15, 0.2) is 78.9 Å². The lowest BCUT2D eigenvalue weighted by Gasteiger charge is -2.24. The van der Waals surface area contributed by atoms with Gasteiger partial charge in [0.1, 0.15) is 18.1 Å². The summed E-state index contributed by atoms with van der Waals surface area (Å²) in [5.41, 5.74) is 0.558. The summed E-state index contributed by atoms with van der Waals surface area (Å²) in [5, 5.41) is 2.66. The minimum atomic E-state index is -0.915. The van der Waals surface area contributed by atoms with Crippen molar-refractivity contribution in [2.75, 3.05) is 18.5 Å². The van der Waals surface area contributed by atoms with Gasteiger partial charge in [-0.3, -0.25) is 4.79 Å². The van der Waals surface area contributed by atoms with E-state index in [-0.39, 0.29) is 6.61 Å². The van der Waals surface area contributed by atoms with Gasteiger partial charge in [-0.05, 0) is 48.5 Å². The second kappa shape index (κ2) is 9.00. The molecular weight excluding hydrogens is 386 g/mol. The SMILES string of the molecule is O=C(COC(=O)[C@@H]1COc2ccccc2O1)Nc1ccc(Oc2ccccc2)cc1. The van der Waals surface area contributed by atoms with Gasteiger partial charge in [-0.2, -0.15) is 0 Å². The number of carbonyl (C=O) groups excluding carboxylic acids is 2. The van der Waals surface area contributed by atoms with Crippen molar-refractivity contribution in [1.82, 2.24) is 0 Å². The van der Waals surface area contributed by atoms with Gasteiger partial charge in [0.05, 0.1) is 0 Å². The number of hydrogen-bond donors (Lipinski definition) is 1. The zero-order chi connectivity index (χ0) is 20.8. The Balaban J connectivity index is 1.24. The van der Waals surface area contributed by atoms with Crippen molar-refractivity contribution < 1.29 is 28.5 Å². The van der Waals surface area contributed by atoms with E-state index in [0.717, 1.165) is 5.75 Å². The maximum absolute atomic E-state index is 12.2. The number of anilines is 1. The fourth-order valence-electron chi connectivity index (χ4n) is 2.79. The third kappa shape index (κ3) is 4.88. The largest absolute Gasteiger partial charge is 0.485 e. The molecule has 3 aromatic carbocycles. The molecule has 7 heteroatoms. The molecule has 4 rings (SSSR count). The zero-order valence-corrected chi connectivity index (χ0v) is 15.9. The van der Waals surface area contributed by atoms with Gasteiger partial charge < -0.3 is 24.3 Å². The molecule has 152 valence electrons. The second-order valence-electron chi connectivity index (χ2n) is 6.46. The molecule has 1 heterocycles. The van der Waals surface area contributed by atoms with Crippen molar-refractivity contribution in [3.63, 3.8) is 0 Å². The molecule has 1 aliphatic rings. The Kier molecular flexibility index (Phi) is 5.80. The molecule has 0 bridgehead atoms. The number of ether oxygens (including phenoxy) is 4.